The molecule has 2 rings (SSSR count). The van der Waals surface area contributed by atoms with Gasteiger partial charge in [0.1, 0.15) is 0 Å². The smallest absolute Gasteiger partial charge is 0.253 e. The van der Waals surface area contributed by atoms with E-state index in [2.05, 4.69) is 12.2 Å². The van der Waals surface area contributed by atoms with Crippen LogP contribution >= 0.6 is 23.2 Å². The van der Waals surface area contributed by atoms with Crippen LogP contribution in [0.15, 0.2) is 36.4 Å². The molecule has 1 amide bonds. The van der Waals surface area contributed by atoms with Gasteiger partial charge in [-0.25, -0.2) is 0 Å². The molecule has 2 aromatic carbocycles. The molecule has 0 aliphatic carbocycles. The lowest BCUT2D eigenvalue weighted by molar-refractivity contribution is 0.0951. The number of hydrogen-bond acceptors (Lipinski definition) is 3. The molecule has 0 atom stereocenters. The number of nitrogens with one attached hydrogen (secondary N) is 1. The zero-order valence-electron chi connectivity index (χ0n) is 14.3. The zero-order chi connectivity index (χ0) is 18.2. The molecule has 134 valence electrons. The summed E-state index contributed by atoms with van der Waals surface area (Å²) in [5.74, 6) is 1.06. The van der Waals surface area contributed by atoms with Crippen LogP contribution in [0.1, 0.15) is 35.7 Å². The second-order valence-electron chi connectivity index (χ2n) is 5.49. The molecule has 0 saturated carbocycles. The molecule has 0 unspecified atom stereocenters. The van der Waals surface area contributed by atoms with E-state index in [9.17, 15) is 4.79 Å². The number of benzene rings is 2. The second kappa shape index (κ2) is 9.54. The summed E-state index contributed by atoms with van der Waals surface area (Å²) in [6.07, 6.45) is 2.06. The van der Waals surface area contributed by atoms with Gasteiger partial charge in [0, 0.05) is 11.6 Å². The van der Waals surface area contributed by atoms with E-state index in [4.69, 9.17) is 32.7 Å². The van der Waals surface area contributed by atoms with Crippen molar-refractivity contribution in [2.45, 2.75) is 26.3 Å². The summed E-state index contributed by atoms with van der Waals surface area (Å²) in [5, 5.41) is 3.65. The fourth-order valence-corrected chi connectivity index (χ4v) is 2.59. The summed E-state index contributed by atoms with van der Waals surface area (Å²) in [4.78, 5) is 12.3. The fourth-order valence-electron chi connectivity index (χ4n) is 2.22. The van der Waals surface area contributed by atoms with Crippen molar-refractivity contribution in [3.8, 4) is 11.5 Å². The maximum atomic E-state index is 12.3. The Kier molecular flexibility index (Phi) is 7.41. The summed E-state index contributed by atoms with van der Waals surface area (Å²) in [5.41, 5.74) is 1.24. The van der Waals surface area contributed by atoms with Gasteiger partial charge in [-0.3, -0.25) is 4.79 Å². The van der Waals surface area contributed by atoms with E-state index in [-0.39, 0.29) is 5.91 Å². The molecule has 0 saturated heterocycles. The van der Waals surface area contributed by atoms with Gasteiger partial charge in [-0.1, -0.05) is 42.6 Å². The maximum absolute atomic E-state index is 12.3. The number of rotatable bonds is 8. The van der Waals surface area contributed by atoms with Crippen LogP contribution in [0.3, 0.4) is 0 Å². The number of carbonyl (C=O) groups excluding carboxylic acids is 1. The third kappa shape index (κ3) is 5.55. The average molecular weight is 382 g/mol. The zero-order valence-corrected chi connectivity index (χ0v) is 15.8. The van der Waals surface area contributed by atoms with Gasteiger partial charge >= 0.3 is 0 Å². The summed E-state index contributed by atoms with van der Waals surface area (Å²) in [6, 6.07) is 10.4. The predicted molar refractivity (Wildman–Crippen MR) is 101 cm³/mol. The predicted octanol–water partition coefficient (Wildman–Crippen LogP) is 5.11. The van der Waals surface area contributed by atoms with Crippen LogP contribution < -0.4 is 14.8 Å². The molecule has 2 aromatic rings. The molecule has 1 N–H and O–H groups in total. The van der Waals surface area contributed by atoms with Crippen LogP contribution in [-0.4, -0.2) is 19.6 Å². The topological polar surface area (TPSA) is 47.6 Å². The Labute approximate surface area is 158 Å². The molecule has 0 aromatic heterocycles. The van der Waals surface area contributed by atoms with Crippen molar-refractivity contribution in [2.24, 2.45) is 0 Å². The number of unbranched alkanes of at least 4 members (excludes halogenated alkanes) is 1. The lowest BCUT2D eigenvalue weighted by Crippen LogP contribution is -2.23. The Hall–Kier alpha value is -1.91. The molecule has 0 spiro atoms. The SMILES string of the molecule is CCCCOc1ccc(CNC(=O)c2cc(Cl)ccc2Cl)cc1OC. The van der Waals surface area contributed by atoms with Gasteiger partial charge < -0.3 is 14.8 Å². The van der Waals surface area contributed by atoms with E-state index in [1.54, 1.807) is 25.3 Å². The number of carbonyl (C=O) groups is 1. The first-order chi connectivity index (χ1) is 12.0. The van der Waals surface area contributed by atoms with E-state index in [0.717, 1.165) is 18.4 Å². The number of methoxy groups -OCH3 is 1. The molecule has 0 radical (unpaired) electrons. The van der Waals surface area contributed by atoms with Crippen molar-refractivity contribution in [3.63, 3.8) is 0 Å². The number of hydrogen-bond donors (Lipinski definition) is 1. The highest BCUT2D eigenvalue weighted by molar-refractivity contribution is 6.35. The largest absolute Gasteiger partial charge is 0.493 e. The monoisotopic (exact) mass is 381 g/mol. The van der Waals surface area contributed by atoms with Crippen molar-refractivity contribution < 1.29 is 14.3 Å². The summed E-state index contributed by atoms with van der Waals surface area (Å²) < 4.78 is 11.1. The van der Waals surface area contributed by atoms with Crippen molar-refractivity contribution in [1.82, 2.24) is 5.32 Å². The summed E-state index contributed by atoms with van der Waals surface area (Å²) in [6.45, 7) is 3.10. The molecule has 0 aliphatic heterocycles. The Balaban J connectivity index is 2.02. The molecule has 0 bridgehead atoms. The third-order valence-electron chi connectivity index (χ3n) is 3.61. The van der Waals surface area contributed by atoms with E-state index < -0.39 is 0 Å². The van der Waals surface area contributed by atoms with Gasteiger partial charge in [-0.15, -0.1) is 0 Å². The Morgan fingerprint density at radius 2 is 1.92 bits per heavy atom. The normalized spacial score (nSPS) is 10.4. The van der Waals surface area contributed by atoms with Crippen LogP contribution in [-0.2, 0) is 6.54 Å². The highest BCUT2D eigenvalue weighted by Gasteiger charge is 2.12. The number of ether oxygens (including phenoxy) is 2. The molecule has 4 nitrogen and oxygen atoms in total. The van der Waals surface area contributed by atoms with E-state index >= 15 is 0 Å². The van der Waals surface area contributed by atoms with Gasteiger partial charge in [-0.2, -0.15) is 0 Å². The molecule has 6 heteroatoms. The number of amides is 1. The lowest BCUT2D eigenvalue weighted by atomic mass is 10.1. The Morgan fingerprint density at radius 1 is 1.12 bits per heavy atom. The van der Waals surface area contributed by atoms with E-state index in [1.807, 2.05) is 18.2 Å². The van der Waals surface area contributed by atoms with Crippen LogP contribution in [0.25, 0.3) is 0 Å². The molecule has 0 fully saturated rings. The lowest BCUT2D eigenvalue weighted by Gasteiger charge is -2.13. The molecule has 25 heavy (non-hydrogen) atoms. The van der Waals surface area contributed by atoms with Crippen molar-refractivity contribution in [3.05, 3.63) is 57.6 Å². The maximum Gasteiger partial charge on any atom is 0.253 e. The number of halogens is 2. The van der Waals surface area contributed by atoms with Crippen molar-refractivity contribution in [1.29, 1.82) is 0 Å². The quantitative estimate of drug-likeness (QED) is 0.646. The van der Waals surface area contributed by atoms with Gasteiger partial charge in [0.25, 0.3) is 5.91 Å². The highest BCUT2D eigenvalue weighted by Crippen LogP contribution is 2.28. The van der Waals surface area contributed by atoms with E-state index in [1.165, 1.54) is 0 Å². The van der Waals surface area contributed by atoms with Crippen LogP contribution in [0.2, 0.25) is 10.0 Å². The Morgan fingerprint density at radius 3 is 2.64 bits per heavy atom. The van der Waals surface area contributed by atoms with Gasteiger partial charge in [0.2, 0.25) is 0 Å². The van der Waals surface area contributed by atoms with Gasteiger partial charge in [0.05, 0.1) is 24.3 Å². The van der Waals surface area contributed by atoms with E-state index in [0.29, 0.717) is 40.3 Å². The minimum Gasteiger partial charge on any atom is -0.493 e. The minimum absolute atomic E-state index is 0.283. The molecular formula is C19H21Cl2NO3. The third-order valence-corrected chi connectivity index (χ3v) is 4.17. The van der Waals surface area contributed by atoms with Crippen molar-refractivity contribution >= 4 is 29.1 Å². The standard InChI is InChI=1S/C19H21Cl2NO3/c1-3-4-9-25-17-8-5-13(10-18(17)24-2)12-22-19(23)15-11-14(20)6-7-16(15)21/h5-8,10-11H,3-4,9,12H2,1-2H3,(H,22,23). The average Bonchev–Trinajstić information content (AvgIpc) is 2.62. The summed E-state index contributed by atoms with van der Waals surface area (Å²) >= 11 is 12.0. The first-order valence-electron chi connectivity index (χ1n) is 8.08. The Bertz CT molecular complexity index is 735. The molecule has 0 aliphatic rings. The minimum atomic E-state index is -0.283. The van der Waals surface area contributed by atoms with Crippen LogP contribution in [0.5, 0.6) is 11.5 Å². The second-order valence-corrected chi connectivity index (χ2v) is 6.34. The molecular weight excluding hydrogens is 361 g/mol. The summed E-state index contributed by atoms with van der Waals surface area (Å²) in [7, 11) is 1.59. The first kappa shape index (κ1) is 19.4. The van der Waals surface area contributed by atoms with Gasteiger partial charge in [0.15, 0.2) is 11.5 Å². The molecule has 0 heterocycles. The van der Waals surface area contributed by atoms with Crippen LogP contribution in [0.4, 0.5) is 0 Å². The highest BCUT2D eigenvalue weighted by atomic mass is 35.5. The fraction of sp³-hybridized carbons (Fsp3) is 0.316. The van der Waals surface area contributed by atoms with Gasteiger partial charge in [-0.05, 0) is 42.3 Å². The van der Waals surface area contributed by atoms with Crippen molar-refractivity contribution in [2.75, 3.05) is 13.7 Å². The van der Waals surface area contributed by atoms with Crippen LogP contribution in [0, 0.1) is 0 Å². The first-order valence-corrected chi connectivity index (χ1v) is 8.83.